The highest BCUT2D eigenvalue weighted by Crippen LogP contribution is 2.67. The fourth-order valence-electron chi connectivity index (χ4n) is 4.63. The lowest BCUT2D eigenvalue weighted by Gasteiger charge is -2.60. The molecule has 0 bridgehead atoms. The Morgan fingerprint density at radius 2 is 1.89 bits per heavy atom. The van der Waals surface area contributed by atoms with Crippen LogP contribution in [0.2, 0.25) is 0 Å². The van der Waals surface area contributed by atoms with Crippen molar-refractivity contribution in [1.82, 2.24) is 5.32 Å². The number of fused-ring (bicyclic) bond motifs is 1. The Morgan fingerprint density at radius 1 is 1.21 bits per heavy atom. The monoisotopic (exact) mass is 395 g/mol. The topological polar surface area (TPSA) is 102 Å². The van der Waals surface area contributed by atoms with Crippen molar-refractivity contribution < 1.29 is 29.0 Å². The smallest absolute Gasteiger partial charge is 0.410 e. The van der Waals surface area contributed by atoms with Crippen molar-refractivity contribution in [2.24, 2.45) is 28.6 Å². The molecule has 0 heterocycles. The Bertz CT molecular complexity index is 643. The number of hydrogen-bond donors (Lipinski definition) is 2. The average molecular weight is 395 g/mol. The highest BCUT2D eigenvalue weighted by atomic mass is 16.7. The molecule has 2 aliphatic carbocycles. The minimum Gasteiger partial charge on any atom is -0.481 e. The van der Waals surface area contributed by atoms with Crippen LogP contribution in [0.1, 0.15) is 60.3 Å². The van der Waals surface area contributed by atoms with Gasteiger partial charge < -0.3 is 19.9 Å². The summed E-state index contributed by atoms with van der Waals surface area (Å²) >= 11 is 0. The van der Waals surface area contributed by atoms with E-state index in [4.69, 9.17) is 9.47 Å². The van der Waals surface area contributed by atoms with Gasteiger partial charge in [0.25, 0.3) is 6.29 Å². The third-order valence-corrected chi connectivity index (χ3v) is 6.14. The Balaban J connectivity index is 1.99. The van der Waals surface area contributed by atoms with E-state index in [0.29, 0.717) is 0 Å². The number of rotatable bonds is 9. The molecule has 7 nitrogen and oxygen atoms in total. The molecule has 1 fully saturated rings. The minimum atomic E-state index is -0.979. The highest BCUT2D eigenvalue weighted by Gasteiger charge is 2.62. The summed E-state index contributed by atoms with van der Waals surface area (Å²) in [7, 11) is 0. The summed E-state index contributed by atoms with van der Waals surface area (Å²) in [5, 5.41) is 12.1. The normalized spacial score (nSPS) is 29.2. The fourth-order valence-corrected chi connectivity index (χ4v) is 4.63. The molecule has 2 aliphatic rings. The van der Waals surface area contributed by atoms with Gasteiger partial charge in [-0.2, -0.15) is 0 Å². The zero-order valence-corrected chi connectivity index (χ0v) is 17.5. The van der Waals surface area contributed by atoms with Crippen LogP contribution in [0.3, 0.4) is 0 Å². The van der Waals surface area contributed by atoms with Crippen LogP contribution in [0.4, 0.5) is 4.79 Å². The van der Waals surface area contributed by atoms with Crippen LogP contribution < -0.4 is 5.32 Å². The number of allylic oxidation sites excluding steroid dienone is 2. The SMILES string of the molecule is CC[C@@]12CC=C[C@@H]1[C@](CNC(=O)O[C@@H](OC(=O)C(C)C)C(C)C)(CC(=O)O)C2. The van der Waals surface area contributed by atoms with Crippen molar-refractivity contribution in [1.29, 1.82) is 0 Å². The predicted molar refractivity (Wildman–Crippen MR) is 103 cm³/mol. The van der Waals surface area contributed by atoms with Gasteiger partial charge in [0.05, 0.1) is 12.3 Å². The predicted octanol–water partition coefficient (Wildman–Crippen LogP) is 3.73. The van der Waals surface area contributed by atoms with Gasteiger partial charge in [0.1, 0.15) is 0 Å². The van der Waals surface area contributed by atoms with Gasteiger partial charge in [-0.1, -0.05) is 46.8 Å². The van der Waals surface area contributed by atoms with Gasteiger partial charge in [-0.15, -0.1) is 0 Å². The van der Waals surface area contributed by atoms with Gasteiger partial charge in [-0.3, -0.25) is 9.59 Å². The molecule has 0 unspecified atom stereocenters. The maximum absolute atomic E-state index is 12.3. The summed E-state index contributed by atoms with van der Waals surface area (Å²) in [5.74, 6) is -1.68. The number of nitrogens with one attached hydrogen (secondary N) is 1. The van der Waals surface area contributed by atoms with Gasteiger partial charge in [-0.25, -0.2) is 4.79 Å². The van der Waals surface area contributed by atoms with Crippen LogP contribution in [0.15, 0.2) is 12.2 Å². The minimum absolute atomic E-state index is 0.0000187. The molecule has 0 aromatic heterocycles. The molecule has 2 rings (SSSR count). The molecule has 0 aromatic rings. The standard InChI is InChI=1S/C21H33NO6/c1-6-20-9-7-8-15(20)21(11-20,10-16(23)24)12-22-19(26)28-18(14(4)5)27-17(25)13(2)3/h7-8,13-15,18H,6,9-12H2,1-5H3,(H,22,26)(H,23,24)/t15-,18+,20-,21+/m0/s1. The summed E-state index contributed by atoms with van der Waals surface area (Å²) in [6.45, 7) is 9.35. The number of carbonyl (C=O) groups excluding carboxylic acids is 2. The van der Waals surface area contributed by atoms with Crippen molar-refractivity contribution in [2.45, 2.75) is 66.6 Å². The second-order valence-electron chi connectivity index (χ2n) is 8.90. The number of carboxylic acid groups (broad SMARTS) is 1. The molecule has 2 N–H and O–H groups in total. The number of amides is 1. The third kappa shape index (κ3) is 4.50. The lowest BCUT2D eigenvalue weighted by Crippen LogP contribution is -2.59. The van der Waals surface area contributed by atoms with Gasteiger partial charge in [0, 0.05) is 17.9 Å². The zero-order chi connectivity index (χ0) is 21.1. The summed E-state index contributed by atoms with van der Waals surface area (Å²) in [4.78, 5) is 35.6. The van der Waals surface area contributed by atoms with E-state index in [1.807, 2.05) is 0 Å². The number of carbonyl (C=O) groups is 3. The molecule has 0 aliphatic heterocycles. The first-order chi connectivity index (χ1) is 13.0. The average Bonchev–Trinajstić information content (AvgIpc) is 2.95. The number of ether oxygens (including phenoxy) is 2. The number of esters is 1. The Kier molecular flexibility index (Phi) is 6.78. The number of hydrogen-bond acceptors (Lipinski definition) is 5. The quantitative estimate of drug-likeness (QED) is 0.350. The maximum atomic E-state index is 12.3. The lowest BCUT2D eigenvalue weighted by molar-refractivity contribution is -0.179. The van der Waals surface area contributed by atoms with E-state index in [0.717, 1.165) is 19.3 Å². The first kappa shape index (κ1) is 22.2. The van der Waals surface area contributed by atoms with E-state index >= 15 is 0 Å². The molecule has 0 radical (unpaired) electrons. The van der Waals surface area contributed by atoms with Crippen LogP contribution in [0.25, 0.3) is 0 Å². The Morgan fingerprint density at radius 3 is 2.43 bits per heavy atom. The third-order valence-electron chi connectivity index (χ3n) is 6.14. The van der Waals surface area contributed by atoms with E-state index in [9.17, 15) is 19.5 Å². The zero-order valence-electron chi connectivity index (χ0n) is 17.5. The number of carboxylic acids is 1. The van der Waals surface area contributed by atoms with Gasteiger partial charge in [0.2, 0.25) is 0 Å². The van der Waals surface area contributed by atoms with E-state index < -0.39 is 29.7 Å². The van der Waals surface area contributed by atoms with Crippen LogP contribution in [0.5, 0.6) is 0 Å². The summed E-state index contributed by atoms with van der Waals surface area (Å²) in [6, 6.07) is 0. The largest absolute Gasteiger partial charge is 0.481 e. The molecule has 1 saturated carbocycles. The molecule has 1 amide bonds. The van der Waals surface area contributed by atoms with Crippen molar-refractivity contribution in [3.8, 4) is 0 Å². The first-order valence-corrected chi connectivity index (χ1v) is 10.1. The number of aliphatic carboxylic acids is 1. The molecular formula is C21H33NO6. The van der Waals surface area contributed by atoms with Crippen LogP contribution in [-0.4, -0.2) is 36.0 Å². The molecule has 28 heavy (non-hydrogen) atoms. The summed E-state index contributed by atoms with van der Waals surface area (Å²) in [6.07, 6.45) is 5.25. The molecule has 158 valence electrons. The highest BCUT2D eigenvalue weighted by molar-refractivity contribution is 5.72. The van der Waals surface area contributed by atoms with E-state index in [-0.39, 0.29) is 36.1 Å². The van der Waals surface area contributed by atoms with Crippen molar-refractivity contribution in [2.75, 3.05) is 6.54 Å². The molecular weight excluding hydrogens is 362 g/mol. The van der Waals surface area contributed by atoms with Crippen LogP contribution in [-0.2, 0) is 19.1 Å². The Hall–Kier alpha value is -2.05. The maximum Gasteiger partial charge on any atom is 0.410 e. The number of alkyl carbamates (subject to hydrolysis) is 1. The Labute approximate surface area is 166 Å². The van der Waals surface area contributed by atoms with Gasteiger partial charge >= 0.3 is 18.0 Å². The second-order valence-corrected chi connectivity index (χ2v) is 8.90. The van der Waals surface area contributed by atoms with Crippen molar-refractivity contribution >= 4 is 18.0 Å². The van der Waals surface area contributed by atoms with Crippen LogP contribution >= 0.6 is 0 Å². The second kappa shape index (κ2) is 8.53. The molecule has 0 aromatic carbocycles. The van der Waals surface area contributed by atoms with E-state index in [2.05, 4.69) is 24.4 Å². The fraction of sp³-hybridized carbons (Fsp3) is 0.762. The van der Waals surface area contributed by atoms with Crippen LogP contribution in [0, 0.1) is 28.6 Å². The molecule has 7 heteroatoms. The van der Waals surface area contributed by atoms with E-state index in [1.165, 1.54) is 0 Å². The lowest BCUT2D eigenvalue weighted by atomic mass is 9.44. The van der Waals surface area contributed by atoms with Gasteiger partial charge in [-0.05, 0) is 30.6 Å². The van der Waals surface area contributed by atoms with Crippen molar-refractivity contribution in [3.05, 3.63) is 12.2 Å². The van der Waals surface area contributed by atoms with E-state index in [1.54, 1.807) is 27.7 Å². The van der Waals surface area contributed by atoms with Gasteiger partial charge in [0.15, 0.2) is 0 Å². The molecule has 0 spiro atoms. The van der Waals surface area contributed by atoms with Crippen molar-refractivity contribution in [3.63, 3.8) is 0 Å². The first-order valence-electron chi connectivity index (χ1n) is 10.1. The summed E-state index contributed by atoms with van der Waals surface area (Å²) in [5.41, 5.74) is -0.385. The summed E-state index contributed by atoms with van der Waals surface area (Å²) < 4.78 is 10.6. The molecule has 0 saturated heterocycles. The molecule has 4 atom stereocenters.